The molecule has 0 saturated heterocycles. The second kappa shape index (κ2) is 13.0. The van der Waals surface area contributed by atoms with Crippen LogP contribution in [0.1, 0.15) is 45.6 Å². The van der Waals surface area contributed by atoms with E-state index >= 15 is 0 Å². The smallest absolute Gasteiger partial charge is 0.242 e. The number of carbonyl (C=O) groups is 2. The van der Waals surface area contributed by atoms with E-state index in [0.29, 0.717) is 13.0 Å². The number of amides is 2. The second-order valence-corrected chi connectivity index (χ2v) is 11.3. The summed E-state index contributed by atoms with van der Waals surface area (Å²) in [4.78, 5) is 27.7. The van der Waals surface area contributed by atoms with E-state index in [9.17, 15) is 18.0 Å². The Bertz CT molecular complexity index is 1050. The number of nitrogens with one attached hydrogen (secondary N) is 1. The molecule has 34 heavy (non-hydrogen) atoms. The Balaban J connectivity index is 2.08. The van der Waals surface area contributed by atoms with Crippen LogP contribution >= 0.6 is 15.9 Å². The molecule has 0 saturated carbocycles. The fourth-order valence-corrected chi connectivity index (χ4v) is 4.82. The average Bonchev–Trinajstić information content (AvgIpc) is 2.83. The van der Waals surface area contributed by atoms with E-state index in [2.05, 4.69) is 21.2 Å². The Kier molecular flexibility index (Phi) is 10.7. The molecule has 0 aliphatic rings. The lowest BCUT2D eigenvalue weighted by molar-refractivity contribution is -0.141. The molecule has 186 valence electrons. The third-order valence-electron chi connectivity index (χ3n) is 5.75. The quantitative estimate of drug-likeness (QED) is 0.428. The standard InChI is InChI=1S/C25H34BrN3O4S/c1-5-19(2)27-25(31)20(3)29(18-21-13-15-22(26)16-14-21)24(30)12-9-17-28(4)34(32,33)23-10-7-6-8-11-23/h6-8,10-11,13-16,19-20H,5,9,12,17-18H2,1-4H3,(H,27,31). The number of rotatable bonds is 12. The van der Waals surface area contributed by atoms with Crippen molar-refractivity contribution < 1.29 is 18.0 Å². The van der Waals surface area contributed by atoms with E-state index in [0.717, 1.165) is 16.5 Å². The third kappa shape index (κ3) is 7.92. The van der Waals surface area contributed by atoms with Crippen LogP contribution in [0.3, 0.4) is 0 Å². The zero-order valence-corrected chi connectivity index (χ0v) is 22.6. The van der Waals surface area contributed by atoms with Gasteiger partial charge in [0.15, 0.2) is 0 Å². The summed E-state index contributed by atoms with van der Waals surface area (Å²) in [6.07, 6.45) is 1.27. The van der Waals surface area contributed by atoms with E-state index in [1.165, 1.54) is 11.4 Å². The lowest BCUT2D eigenvalue weighted by Gasteiger charge is -2.30. The summed E-state index contributed by atoms with van der Waals surface area (Å²) in [7, 11) is -2.11. The summed E-state index contributed by atoms with van der Waals surface area (Å²) in [6, 6.07) is 15.2. The van der Waals surface area contributed by atoms with Crippen LogP contribution in [0.5, 0.6) is 0 Å². The highest BCUT2D eigenvalue weighted by Crippen LogP contribution is 2.17. The highest BCUT2D eigenvalue weighted by molar-refractivity contribution is 9.10. The summed E-state index contributed by atoms with van der Waals surface area (Å²) in [5, 5.41) is 2.94. The van der Waals surface area contributed by atoms with Gasteiger partial charge >= 0.3 is 0 Å². The predicted molar refractivity (Wildman–Crippen MR) is 138 cm³/mol. The topological polar surface area (TPSA) is 86.8 Å². The fourth-order valence-electron chi connectivity index (χ4n) is 3.32. The maximum Gasteiger partial charge on any atom is 0.242 e. The molecule has 2 atom stereocenters. The van der Waals surface area contributed by atoms with Crippen molar-refractivity contribution >= 4 is 37.8 Å². The van der Waals surface area contributed by atoms with Crippen molar-refractivity contribution in [1.29, 1.82) is 0 Å². The van der Waals surface area contributed by atoms with E-state index in [1.54, 1.807) is 42.2 Å². The molecule has 0 aliphatic heterocycles. The highest BCUT2D eigenvalue weighted by atomic mass is 79.9. The zero-order chi connectivity index (χ0) is 25.3. The number of sulfonamides is 1. The first-order valence-corrected chi connectivity index (χ1v) is 13.6. The van der Waals surface area contributed by atoms with Gasteiger partial charge in [0.25, 0.3) is 0 Å². The van der Waals surface area contributed by atoms with Crippen LogP contribution in [0.15, 0.2) is 64.0 Å². The normalized spacial score (nSPS) is 13.4. The summed E-state index contributed by atoms with van der Waals surface area (Å²) in [5.41, 5.74) is 0.906. The number of benzene rings is 2. The van der Waals surface area contributed by atoms with Gasteiger partial charge in [-0.25, -0.2) is 12.7 Å². The van der Waals surface area contributed by atoms with E-state index in [1.807, 2.05) is 38.1 Å². The summed E-state index contributed by atoms with van der Waals surface area (Å²) in [5.74, 6) is -0.399. The molecule has 0 radical (unpaired) electrons. The molecule has 0 fully saturated rings. The molecule has 2 rings (SSSR count). The number of nitrogens with zero attached hydrogens (tertiary/aromatic N) is 2. The van der Waals surface area contributed by atoms with Gasteiger partial charge in [0, 0.05) is 37.1 Å². The van der Waals surface area contributed by atoms with Crippen LogP contribution in [-0.4, -0.2) is 55.1 Å². The van der Waals surface area contributed by atoms with Crippen LogP contribution in [0.2, 0.25) is 0 Å². The Labute approximate surface area is 211 Å². The number of carbonyl (C=O) groups excluding carboxylic acids is 2. The van der Waals surface area contributed by atoms with Gasteiger partial charge in [0.2, 0.25) is 21.8 Å². The van der Waals surface area contributed by atoms with Crippen LogP contribution in [0, 0.1) is 0 Å². The maximum atomic E-state index is 13.2. The van der Waals surface area contributed by atoms with Gasteiger partial charge < -0.3 is 10.2 Å². The van der Waals surface area contributed by atoms with Crippen LogP contribution in [0.25, 0.3) is 0 Å². The third-order valence-corrected chi connectivity index (χ3v) is 8.15. The van der Waals surface area contributed by atoms with Crippen LogP contribution < -0.4 is 5.32 Å². The molecule has 7 nitrogen and oxygen atoms in total. The molecule has 2 aromatic rings. The van der Waals surface area contributed by atoms with Gasteiger partial charge in [-0.1, -0.05) is 53.2 Å². The van der Waals surface area contributed by atoms with Crippen molar-refractivity contribution in [3.05, 3.63) is 64.6 Å². The first-order chi connectivity index (χ1) is 16.1. The minimum absolute atomic E-state index is 0.0106. The van der Waals surface area contributed by atoms with Crippen LogP contribution in [-0.2, 0) is 26.2 Å². The highest BCUT2D eigenvalue weighted by Gasteiger charge is 2.27. The first kappa shape index (κ1) is 28.0. The average molecular weight is 553 g/mol. The maximum absolute atomic E-state index is 13.2. The molecule has 9 heteroatoms. The van der Waals surface area contributed by atoms with Gasteiger partial charge in [-0.2, -0.15) is 0 Å². The summed E-state index contributed by atoms with van der Waals surface area (Å²) in [6.45, 7) is 6.12. The molecule has 0 aliphatic carbocycles. The Morgan fingerprint density at radius 1 is 1.03 bits per heavy atom. The van der Waals surface area contributed by atoms with Crippen molar-refractivity contribution in [3.63, 3.8) is 0 Å². The minimum Gasteiger partial charge on any atom is -0.352 e. The van der Waals surface area contributed by atoms with Gasteiger partial charge in [-0.05, 0) is 56.5 Å². The van der Waals surface area contributed by atoms with E-state index < -0.39 is 16.1 Å². The number of hydrogen-bond acceptors (Lipinski definition) is 4. The largest absolute Gasteiger partial charge is 0.352 e. The SMILES string of the molecule is CCC(C)NC(=O)C(C)N(Cc1ccc(Br)cc1)C(=O)CCCN(C)S(=O)(=O)c1ccccc1. The number of hydrogen-bond donors (Lipinski definition) is 1. The Morgan fingerprint density at radius 3 is 2.24 bits per heavy atom. The molecular weight excluding hydrogens is 518 g/mol. The molecule has 2 amide bonds. The monoisotopic (exact) mass is 551 g/mol. The summed E-state index contributed by atoms with van der Waals surface area (Å²) < 4.78 is 27.6. The summed E-state index contributed by atoms with van der Waals surface area (Å²) >= 11 is 3.41. The number of halogens is 1. The molecule has 2 unspecified atom stereocenters. The Morgan fingerprint density at radius 2 is 1.65 bits per heavy atom. The molecule has 0 aromatic heterocycles. The van der Waals surface area contributed by atoms with E-state index in [4.69, 9.17) is 0 Å². The molecule has 1 N–H and O–H groups in total. The zero-order valence-electron chi connectivity index (χ0n) is 20.2. The van der Waals surface area contributed by atoms with Gasteiger partial charge in [0.05, 0.1) is 4.90 Å². The van der Waals surface area contributed by atoms with Gasteiger partial charge in [-0.3, -0.25) is 9.59 Å². The molecule has 0 heterocycles. The fraction of sp³-hybridized carbons (Fsp3) is 0.440. The molecular formula is C25H34BrN3O4S. The second-order valence-electron chi connectivity index (χ2n) is 8.39. The first-order valence-electron chi connectivity index (χ1n) is 11.4. The van der Waals surface area contributed by atoms with Gasteiger partial charge in [-0.15, -0.1) is 0 Å². The Hall–Kier alpha value is -2.23. The van der Waals surface area contributed by atoms with Crippen LogP contribution in [0.4, 0.5) is 0 Å². The van der Waals surface area contributed by atoms with Crippen molar-refractivity contribution in [2.45, 2.75) is 63.6 Å². The lowest BCUT2D eigenvalue weighted by Crippen LogP contribution is -2.49. The van der Waals surface area contributed by atoms with Crippen molar-refractivity contribution in [2.75, 3.05) is 13.6 Å². The van der Waals surface area contributed by atoms with Crippen molar-refractivity contribution in [1.82, 2.24) is 14.5 Å². The molecule has 0 spiro atoms. The minimum atomic E-state index is -3.62. The van der Waals surface area contributed by atoms with E-state index in [-0.39, 0.29) is 35.7 Å². The van der Waals surface area contributed by atoms with Crippen molar-refractivity contribution in [2.24, 2.45) is 0 Å². The lowest BCUT2D eigenvalue weighted by atomic mass is 10.1. The molecule has 0 bridgehead atoms. The van der Waals surface area contributed by atoms with Crippen molar-refractivity contribution in [3.8, 4) is 0 Å². The predicted octanol–water partition coefficient (Wildman–Crippen LogP) is 4.18. The van der Waals surface area contributed by atoms with Gasteiger partial charge in [0.1, 0.15) is 6.04 Å². The molecule has 2 aromatic carbocycles.